The number of hydrogen-bond donors (Lipinski definition) is 2. The van der Waals surface area contributed by atoms with Crippen LogP contribution >= 0.6 is 0 Å². The van der Waals surface area contributed by atoms with Crippen LogP contribution in [0.3, 0.4) is 0 Å². The quantitative estimate of drug-likeness (QED) is 0.568. The highest BCUT2D eigenvalue weighted by Gasteiger charge is 2.14. The molecule has 6 heteroatoms. The molecule has 2 N–H and O–H groups in total. The van der Waals surface area contributed by atoms with Crippen LogP contribution < -0.4 is 20.3 Å². The number of ether oxygens (including phenoxy) is 1. The number of benzene rings is 1. The van der Waals surface area contributed by atoms with Crippen molar-refractivity contribution in [1.82, 2.24) is 15.6 Å². The van der Waals surface area contributed by atoms with Gasteiger partial charge in [-0.05, 0) is 50.5 Å². The molecular weight excluding hydrogens is 350 g/mol. The molecule has 6 nitrogen and oxygen atoms in total. The summed E-state index contributed by atoms with van der Waals surface area (Å²) in [6, 6.07) is 12.8. The Morgan fingerprint density at radius 1 is 1.25 bits per heavy atom. The molecule has 1 aromatic carbocycles. The molecular formula is C22H31N5O. The number of nitrogens with one attached hydrogen (secondary N) is 2. The van der Waals surface area contributed by atoms with Gasteiger partial charge < -0.3 is 20.3 Å². The first kappa shape index (κ1) is 20.0. The van der Waals surface area contributed by atoms with E-state index < -0.39 is 0 Å². The van der Waals surface area contributed by atoms with Gasteiger partial charge in [0.15, 0.2) is 5.96 Å². The van der Waals surface area contributed by atoms with Gasteiger partial charge in [0.25, 0.3) is 0 Å². The Labute approximate surface area is 168 Å². The van der Waals surface area contributed by atoms with Crippen molar-refractivity contribution >= 4 is 11.6 Å². The van der Waals surface area contributed by atoms with Crippen LogP contribution in [0.25, 0.3) is 0 Å². The SMILES string of the molecule is CCNC(=NCc1cccnc1OC)NC(C)c1cccc(N2CCCC2)c1. The number of nitrogens with zero attached hydrogens (tertiary/aromatic N) is 3. The molecule has 0 aliphatic carbocycles. The van der Waals surface area contributed by atoms with Crippen LogP contribution in [0, 0.1) is 0 Å². The van der Waals surface area contributed by atoms with Crippen molar-refractivity contribution in [3.8, 4) is 5.88 Å². The number of aromatic nitrogens is 1. The van der Waals surface area contributed by atoms with E-state index in [2.05, 4.69) is 58.6 Å². The Hall–Kier alpha value is -2.76. The smallest absolute Gasteiger partial charge is 0.218 e. The maximum Gasteiger partial charge on any atom is 0.218 e. The standard InChI is InChI=1S/C22H31N5O/c1-4-23-22(25-16-19-10-8-12-24-21(19)28-3)26-17(2)18-9-7-11-20(15-18)27-13-5-6-14-27/h7-12,15,17H,4-6,13-14,16H2,1-3H3,(H2,23,25,26). The molecule has 1 aromatic heterocycles. The van der Waals surface area contributed by atoms with Gasteiger partial charge in [-0.15, -0.1) is 0 Å². The number of aliphatic imine (C=N–C) groups is 1. The number of guanidine groups is 1. The highest BCUT2D eigenvalue weighted by atomic mass is 16.5. The zero-order chi connectivity index (χ0) is 19.8. The van der Waals surface area contributed by atoms with E-state index in [0.29, 0.717) is 12.4 Å². The van der Waals surface area contributed by atoms with E-state index in [9.17, 15) is 0 Å². The van der Waals surface area contributed by atoms with E-state index >= 15 is 0 Å². The predicted octanol–water partition coefficient (Wildman–Crippen LogP) is 3.51. The first-order valence-corrected chi connectivity index (χ1v) is 10.1. The molecule has 1 saturated heterocycles. The van der Waals surface area contributed by atoms with Gasteiger partial charge in [-0.2, -0.15) is 0 Å². The van der Waals surface area contributed by atoms with E-state index in [0.717, 1.165) is 31.2 Å². The first-order valence-electron chi connectivity index (χ1n) is 10.1. The van der Waals surface area contributed by atoms with Crippen molar-refractivity contribution in [2.45, 2.75) is 39.3 Å². The third-order valence-corrected chi connectivity index (χ3v) is 4.99. The van der Waals surface area contributed by atoms with E-state index in [1.165, 1.54) is 24.1 Å². The van der Waals surface area contributed by atoms with Gasteiger partial charge in [0, 0.05) is 37.1 Å². The Kier molecular flexibility index (Phi) is 7.12. The maximum absolute atomic E-state index is 5.32. The number of hydrogen-bond acceptors (Lipinski definition) is 4. The van der Waals surface area contributed by atoms with Crippen LogP contribution in [0.15, 0.2) is 47.6 Å². The van der Waals surface area contributed by atoms with Gasteiger partial charge >= 0.3 is 0 Å². The average Bonchev–Trinajstić information content (AvgIpc) is 3.27. The summed E-state index contributed by atoms with van der Waals surface area (Å²) in [6.07, 6.45) is 4.30. The average molecular weight is 382 g/mol. The third kappa shape index (κ3) is 5.15. The summed E-state index contributed by atoms with van der Waals surface area (Å²) in [5.41, 5.74) is 3.53. The molecule has 28 heavy (non-hydrogen) atoms. The minimum atomic E-state index is 0.149. The summed E-state index contributed by atoms with van der Waals surface area (Å²) < 4.78 is 5.32. The van der Waals surface area contributed by atoms with Crippen molar-refractivity contribution in [2.24, 2.45) is 4.99 Å². The second-order valence-corrected chi connectivity index (χ2v) is 7.02. The van der Waals surface area contributed by atoms with E-state index in [1.807, 2.05) is 12.1 Å². The van der Waals surface area contributed by atoms with Crippen LogP contribution in [0.1, 0.15) is 43.9 Å². The summed E-state index contributed by atoms with van der Waals surface area (Å²) in [5, 5.41) is 6.85. The Morgan fingerprint density at radius 3 is 2.82 bits per heavy atom. The molecule has 0 amide bonds. The highest BCUT2D eigenvalue weighted by molar-refractivity contribution is 5.80. The molecule has 0 saturated carbocycles. The topological polar surface area (TPSA) is 61.8 Å². The second-order valence-electron chi connectivity index (χ2n) is 7.02. The fraction of sp³-hybridized carbons (Fsp3) is 0.455. The zero-order valence-corrected chi connectivity index (χ0v) is 17.1. The van der Waals surface area contributed by atoms with E-state index in [1.54, 1.807) is 13.3 Å². The summed E-state index contributed by atoms with van der Waals surface area (Å²) in [4.78, 5) is 11.4. The molecule has 150 valence electrons. The molecule has 0 bridgehead atoms. The molecule has 1 fully saturated rings. The fourth-order valence-corrected chi connectivity index (χ4v) is 3.47. The molecule has 2 heterocycles. The fourth-order valence-electron chi connectivity index (χ4n) is 3.47. The zero-order valence-electron chi connectivity index (χ0n) is 17.1. The molecule has 0 spiro atoms. The van der Waals surface area contributed by atoms with Crippen molar-refractivity contribution in [3.05, 3.63) is 53.7 Å². The van der Waals surface area contributed by atoms with Gasteiger partial charge in [0.2, 0.25) is 5.88 Å². The van der Waals surface area contributed by atoms with Gasteiger partial charge in [-0.25, -0.2) is 9.98 Å². The molecule has 3 rings (SSSR count). The Bertz CT molecular complexity index is 786. The summed E-state index contributed by atoms with van der Waals surface area (Å²) in [6.45, 7) is 7.86. The lowest BCUT2D eigenvalue weighted by atomic mass is 10.1. The van der Waals surface area contributed by atoms with Crippen LogP contribution in [-0.2, 0) is 6.54 Å². The van der Waals surface area contributed by atoms with Crippen molar-refractivity contribution in [3.63, 3.8) is 0 Å². The van der Waals surface area contributed by atoms with E-state index in [-0.39, 0.29) is 6.04 Å². The maximum atomic E-state index is 5.32. The van der Waals surface area contributed by atoms with E-state index in [4.69, 9.17) is 9.73 Å². The van der Waals surface area contributed by atoms with Crippen LogP contribution in [0.5, 0.6) is 5.88 Å². The normalized spacial score (nSPS) is 15.4. The molecule has 1 unspecified atom stereocenters. The van der Waals surface area contributed by atoms with Crippen molar-refractivity contribution in [2.75, 3.05) is 31.6 Å². The second kappa shape index (κ2) is 9.97. The molecule has 2 aromatic rings. The van der Waals surface area contributed by atoms with Gasteiger partial charge in [-0.1, -0.05) is 18.2 Å². The number of pyridine rings is 1. The van der Waals surface area contributed by atoms with Crippen LogP contribution in [0.4, 0.5) is 5.69 Å². The monoisotopic (exact) mass is 381 g/mol. The lowest BCUT2D eigenvalue weighted by Crippen LogP contribution is -2.38. The molecule has 0 radical (unpaired) electrons. The number of methoxy groups -OCH3 is 1. The minimum absolute atomic E-state index is 0.149. The first-order chi connectivity index (χ1) is 13.7. The third-order valence-electron chi connectivity index (χ3n) is 4.99. The number of rotatable bonds is 7. The number of anilines is 1. The largest absolute Gasteiger partial charge is 0.481 e. The highest BCUT2D eigenvalue weighted by Crippen LogP contribution is 2.24. The summed E-state index contributed by atoms with van der Waals surface area (Å²) in [5.74, 6) is 1.40. The molecule has 1 atom stereocenters. The summed E-state index contributed by atoms with van der Waals surface area (Å²) >= 11 is 0. The molecule has 1 aliphatic heterocycles. The minimum Gasteiger partial charge on any atom is -0.481 e. The van der Waals surface area contributed by atoms with Gasteiger partial charge in [-0.3, -0.25) is 0 Å². The predicted molar refractivity (Wildman–Crippen MR) is 115 cm³/mol. The van der Waals surface area contributed by atoms with Crippen molar-refractivity contribution in [1.29, 1.82) is 0 Å². The van der Waals surface area contributed by atoms with Crippen molar-refractivity contribution < 1.29 is 4.74 Å². The lowest BCUT2D eigenvalue weighted by Gasteiger charge is -2.22. The molecule has 1 aliphatic rings. The Morgan fingerprint density at radius 2 is 2.07 bits per heavy atom. The summed E-state index contributed by atoms with van der Waals surface area (Å²) in [7, 11) is 1.63. The van der Waals surface area contributed by atoms with Crippen LogP contribution in [-0.4, -0.2) is 37.7 Å². The lowest BCUT2D eigenvalue weighted by molar-refractivity contribution is 0.392. The Balaban J connectivity index is 1.70. The van der Waals surface area contributed by atoms with Gasteiger partial charge in [0.05, 0.1) is 19.7 Å². The van der Waals surface area contributed by atoms with Crippen LogP contribution in [0.2, 0.25) is 0 Å². The van der Waals surface area contributed by atoms with Gasteiger partial charge in [0.1, 0.15) is 0 Å².